The molecule has 0 fully saturated rings. The maximum Gasteiger partial charge on any atom is 0.407 e. The van der Waals surface area contributed by atoms with Crippen LogP contribution in [0.1, 0.15) is 42.1 Å². The lowest BCUT2D eigenvalue weighted by molar-refractivity contribution is -0.142. The Morgan fingerprint density at radius 3 is 2.21 bits per heavy atom. The molecule has 3 N–H and O–H groups in total. The molecule has 0 bridgehead atoms. The summed E-state index contributed by atoms with van der Waals surface area (Å²) in [7, 11) is 1.60. The molecule has 2 amide bonds. The fourth-order valence-electron chi connectivity index (χ4n) is 4.32. The van der Waals surface area contributed by atoms with E-state index in [1.807, 2.05) is 36.4 Å². The average Bonchev–Trinajstić information content (AvgIpc) is 3.37. The first-order chi connectivity index (χ1) is 16.3. The van der Waals surface area contributed by atoms with E-state index in [1.165, 1.54) is 16.9 Å². The van der Waals surface area contributed by atoms with E-state index >= 15 is 0 Å². The Hall–Kier alpha value is -4.14. The van der Waals surface area contributed by atoms with Crippen LogP contribution in [0, 0.1) is 0 Å². The molecule has 0 radical (unpaired) electrons. The summed E-state index contributed by atoms with van der Waals surface area (Å²) in [6.45, 7) is 1.82. The molecule has 2 aromatic carbocycles. The van der Waals surface area contributed by atoms with Crippen molar-refractivity contribution in [3.05, 3.63) is 77.6 Å². The van der Waals surface area contributed by atoms with E-state index in [1.54, 1.807) is 14.0 Å². The zero-order valence-electron chi connectivity index (χ0n) is 18.9. The van der Waals surface area contributed by atoms with Crippen molar-refractivity contribution < 1.29 is 24.2 Å². The molecule has 1 aliphatic carbocycles. The third-order valence-electron chi connectivity index (χ3n) is 5.91. The quantitative estimate of drug-likeness (QED) is 0.473. The molecule has 1 heterocycles. The van der Waals surface area contributed by atoms with Crippen LogP contribution in [0.5, 0.6) is 0 Å². The number of aliphatic carboxylic acids is 1. The Balaban J connectivity index is 1.31. The van der Waals surface area contributed by atoms with Crippen LogP contribution in [0.2, 0.25) is 0 Å². The van der Waals surface area contributed by atoms with Gasteiger partial charge in [-0.3, -0.25) is 9.48 Å². The molecule has 4 rings (SSSR count). The van der Waals surface area contributed by atoms with Gasteiger partial charge in [-0.25, -0.2) is 9.59 Å². The Bertz CT molecular complexity index is 1180. The van der Waals surface area contributed by atoms with Crippen LogP contribution < -0.4 is 10.6 Å². The first kappa shape index (κ1) is 23.0. The summed E-state index contributed by atoms with van der Waals surface area (Å²) in [5, 5.41) is 18.5. The Kier molecular flexibility index (Phi) is 6.62. The Morgan fingerprint density at radius 1 is 1.03 bits per heavy atom. The second-order valence-corrected chi connectivity index (χ2v) is 8.29. The van der Waals surface area contributed by atoms with Crippen LogP contribution in [0.15, 0.2) is 60.8 Å². The normalized spacial score (nSPS) is 13.9. The third-order valence-corrected chi connectivity index (χ3v) is 5.91. The van der Waals surface area contributed by atoms with E-state index in [-0.39, 0.29) is 18.9 Å². The van der Waals surface area contributed by atoms with Crippen LogP contribution in [0.25, 0.3) is 11.1 Å². The highest BCUT2D eigenvalue weighted by Gasteiger charge is 2.29. The van der Waals surface area contributed by atoms with Crippen LogP contribution >= 0.6 is 0 Å². The molecule has 0 saturated carbocycles. The summed E-state index contributed by atoms with van der Waals surface area (Å²) in [5.74, 6) is -1.78. The van der Waals surface area contributed by atoms with Gasteiger partial charge in [-0.1, -0.05) is 48.5 Å². The number of aryl methyl sites for hydroxylation is 1. The van der Waals surface area contributed by atoms with E-state index in [0.29, 0.717) is 5.69 Å². The molecular weight excluding hydrogens is 436 g/mol. The summed E-state index contributed by atoms with van der Waals surface area (Å²) in [6, 6.07) is 15.8. The van der Waals surface area contributed by atoms with Gasteiger partial charge in [-0.2, -0.15) is 5.10 Å². The maximum atomic E-state index is 12.4. The highest BCUT2D eigenvalue weighted by molar-refractivity contribution is 5.85. The fraction of sp³-hybridized carbons (Fsp3) is 0.280. The van der Waals surface area contributed by atoms with E-state index < -0.39 is 30.1 Å². The molecule has 1 aliphatic rings. The number of alkyl carbamates (subject to hydrolysis) is 1. The summed E-state index contributed by atoms with van der Waals surface area (Å²) in [4.78, 5) is 36.4. The minimum Gasteiger partial charge on any atom is -0.479 e. The molecule has 0 spiro atoms. The smallest absolute Gasteiger partial charge is 0.407 e. The molecule has 9 nitrogen and oxygen atoms in total. The fourth-order valence-corrected chi connectivity index (χ4v) is 4.32. The number of carboxylic acids is 1. The van der Waals surface area contributed by atoms with E-state index in [4.69, 9.17) is 4.74 Å². The summed E-state index contributed by atoms with van der Waals surface area (Å²) < 4.78 is 6.88. The molecule has 0 saturated heterocycles. The lowest BCUT2D eigenvalue weighted by Gasteiger charge is -2.19. The largest absolute Gasteiger partial charge is 0.479 e. The number of benzene rings is 2. The SMILES string of the molecule is C[C@H](CC(=O)NC(C(=O)O)c1ccnn1C)NC(=O)OCC1c2ccccc2-c2ccccc21. The zero-order valence-corrected chi connectivity index (χ0v) is 18.9. The van der Waals surface area contributed by atoms with Crippen molar-refractivity contribution in [2.75, 3.05) is 6.61 Å². The van der Waals surface area contributed by atoms with Gasteiger partial charge < -0.3 is 20.5 Å². The lowest BCUT2D eigenvalue weighted by Crippen LogP contribution is -2.40. The second-order valence-electron chi connectivity index (χ2n) is 8.29. The maximum absolute atomic E-state index is 12.4. The van der Waals surface area contributed by atoms with Crippen molar-refractivity contribution in [1.82, 2.24) is 20.4 Å². The Labute approximate surface area is 196 Å². The molecule has 34 heavy (non-hydrogen) atoms. The summed E-state index contributed by atoms with van der Waals surface area (Å²) in [5.41, 5.74) is 4.84. The summed E-state index contributed by atoms with van der Waals surface area (Å²) >= 11 is 0. The number of carbonyl (C=O) groups excluding carboxylic acids is 2. The van der Waals surface area contributed by atoms with Gasteiger partial charge in [0.2, 0.25) is 5.91 Å². The first-order valence-corrected chi connectivity index (χ1v) is 11.0. The molecule has 9 heteroatoms. The molecule has 2 atom stereocenters. The number of carboxylic acid groups (broad SMARTS) is 1. The van der Waals surface area contributed by atoms with E-state index in [2.05, 4.69) is 27.9 Å². The van der Waals surface area contributed by atoms with Gasteiger partial charge in [0, 0.05) is 31.6 Å². The van der Waals surface area contributed by atoms with Crippen LogP contribution in [-0.2, 0) is 21.4 Å². The highest BCUT2D eigenvalue weighted by Crippen LogP contribution is 2.44. The van der Waals surface area contributed by atoms with Gasteiger partial charge in [0.1, 0.15) is 6.61 Å². The number of fused-ring (bicyclic) bond motifs is 3. The second kappa shape index (κ2) is 9.78. The van der Waals surface area contributed by atoms with E-state index in [9.17, 15) is 19.5 Å². The van der Waals surface area contributed by atoms with Crippen molar-refractivity contribution in [1.29, 1.82) is 0 Å². The third kappa shape index (κ3) is 4.78. The topological polar surface area (TPSA) is 123 Å². The van der Waals surface area contributed by atoms with Crippen molar-refractivity contribution in [2.45, 2.75) is 31.3 Å². The van der Waals surface area contributed by atoms with Gasteiger partial charge in [0.05, 0.1) is 5.69 Å². The van der Waals surface area contributed by atoms with Gasteiger partial charge in [0.15, 0.2) is 6.04 Å². The minimum atomic E-state index is -1.23. The monoisotopic (exact) mass is 462 g/mol. The van der Waals surface area contributed by atoms with Gasteiger partial charge in [-0.15, -0.1) is 0 Å². The number of nitrogens with one attached hydrogen (secondary N) is 2. The first-order valence-electron chi connectivity index (χ1n) is 11.0. The molecular formula is C25H26N4O5. The number of aromatic nitrogens is 2. The van der Waals surface area contributed by atoms with Crippen LogP contribution in [-0.4, -0.2) is 45.5 Å². The van der Waals surface area contributed by atoms with Crippen molar-refractivity contribution in [3.8, 4) is 11.1 Å². The molecule has 176 valence electrons. The van der Waals surface area contributed by atoms with Crippen LogP contribution in [0.4, 0.5) is 4.79 Å². The van der Waals surface area contributed by atoms with Crippen molar-refractivity contribution in [2.24, 2.45) is 7.05 Å². The number of hydrogen-bond donors (Lipinski definition) is 3. The lowest BCUT2D eigenvalue weighted by atomic mass is 9.98. The molecule has 3 aromatic rings. The average molecular weight is 463 g/mol. The van der Waals surface area contributed by atoms with Crippen molar-refractivity contribution in [3.63, 3.8) is 0 Å². The summed E-state index contributed by atoms with van der Waals surface area (Å²) in [6.07, 6.45) is 0.716. The zero-order chi connectivity index (χ0) is 24.2. The predicted molar refractivity (Wildman–Crippen MR) is 124 cm³/mol. The number of amides is 2. The number of hydrogen-bond acceptors (Lipinski definition) is 5. The number of carbonyl (C=O) groups is 3. The number of nitrogens with zero attached hydrogens (tertiary/aromatic N) is 2. The number of rotatable bonds is 8. The van der Waals surface area contributed by atoms with Gasteiger partial charge in [0.25, 0.3) is 0 Å². The standard InChI is InChI=1S/C25H26N4O5/c1-15(13-22(30)28-23(24(31)32)21-11-12-26-29(21)2)27-25(33)34-14-20-18-9-5-3-7-16(18)17-8-4-6-10-19(17)20/h3-12,15,20,23H,13-14H2,1-2H3,(H,27,33)(H,28,30)(H,31,32)/t15-,23?/m1/s1. The van der Waals surface area contributed by atoms with Crippen molar-refractivity contribution >= 4 is 18.0 Å². The van der Waals surface area contributed by atoms with Gasteiger partial charge in [-0.05, 0) is 35.2 Å². The van der Waals surface area contributed by atoms with E-state index in [0.717, 1.165) is 22.3 Å². The minimum absolute atomic E-state index is 0.0630. The Morgan fingerprint density at radius 2 is 1.65 bits per heavy atom. The predicted octanol–water partition coefficient (Wildman–Crippen LogP) is 2.98. The number of ether oxygens (including phenoxy) is 1. The highest BCUT2D eigenvalue weighted by atomic mass is 16.5. The van der Waals surface area contributed by atoms with Crippen LogP contribution in [0.3, 0.4) is 0 Å². The molecule has 1 unspecified atom stereocenters. The molecule has 0 aliphatic heterocycles. The molecule has 1 aromatic heterocycles. The van der Waals surface area contributed by atoms with Gasteiger partial charge >= 0.3 is 12.1 Å².